The number of halogens is 1. The zero-order valence-corrected chi connectivity index (χ0v) is 13.7. The molecule has 0 spiro atoms. The molecule has 4 atom stereocenters. The molecule has 0 unspecified atom stereocenters. The molecule has 24 heavy (non-hydrogen) atoms. The summed E-state index contributed by atoms with van der Waals surface area (Å²) in [6.45, 7) is -0.476. The molecule has 2 aromatic rings. The van der Waals surface area contributed by atoms with Gasteiger partial charge in [0.05, 0.1) is 17.6 Å². The number of ether oxygens (including phenoxy) is 1. The average molecular weight is 403 g/mol. The number of fused-ring (bicyclic) bond motifs is 1. The standard InChI is InChI=1S/C12H15BrN6O5/c13-8-4(10(15)18-23)5-9(14)16-2-17-11(5)19(8)12-7(22)6(21)3(1-20)24-12/h2-3,6-7,12,20-23H,1H2,(H2,15,18)(H2,14,16,17)/t3-,6+,7+,12-/m0/s1. The largest absolute Gasteiger partial charge is 0.409 e. The van der Waals surface area contributed by atoms with Crippen LogP contribution >= 0.6 is 15.9 Å². The Kier molecular flexibility index (Phi) is 4.31. The van der Waals surface area contributed by atoms with Crippen molar-refractivity contribution in [3.8, 4) is 0 Å². The zero-order valence-electron chi connectivity index (χ0n) is 12.1. The Balaban J connectivity index is 2.27. The molecule has 11 nitrogen and oxygen atoms in total. The topological polar surface area (TPSA) is 185 Å². The zero-order chi connectivity index (χ0) is 17.6. The molecule has 8 N–H and O–H groups in total. The molecule has 2 aromatic heterocycles. The smallest absolute Gasteiger partial charge is 0.173 e. The summed E-state index contributed by atoms with van der Waals surface area (Å²) in [5.74, 6) is -0.174. The van der Waals surface area contributed by atoms with E-state index in [1.54, 1.807) is 0 Å². The predicted molar refractivity (Wildman–Crippen MR) is 85.2 cm³/mol. The highest BCUT2D eigenvalue weighted by Crippen LogP contribution is 2.39. The van der Waals surface area contributed by atoms with Gasteiger partial charge in [-0.25, -0.2) is 9.97 Å². The van der Waals surface area contributed by atoms with E-state index in [0.717, 1.165) is 0 Å². The maximum absolute atomic E-state index is 10.3. The van der Waals surface area contributed by atoms with E-state index in [0.29, 0.717) is 0 Å². The monoisotopic (exact) mass is 402 g/mol. The van der Waals surface area contributed by atoms with Crippen molar-refractivity contribution in [1.29, 1.82) is 0 Å². The lowest BCUT2D eigenvalue weighted by Gasteiger charge is -2.18. The number of hydrogen-bond donors (Lipinski definition) is 6. The van der Waals surface area contributed by atoms with Crippen LogP contribution in [0.5, 0.6) is 0 Å². The first kappa shape index (κ1) is 16.9. The number of aliphatic hydroxyl groups excluding tert-OH is 3. The van der Waals surface area contributed by atoms with Gasteiger partial charge < -0.3 is 36.7 Å². The van der Waals surface area contributed by atoms with Crippen molar-refractivity contribution in [3.63, 3.8) is 0 Å². The minimum atomic E-state index is -1.34. The van der Waals surface area contributed by atoms with Gasteiger partial charge in [-0.05, 0) is 15.9 Å². The molecule has 1 saturated heterocycles. The molecular weight excluding hydrogens is 388 g/mol. The maximum atomic E-state index is 10.3. The summed E-state index contributed by atoms with van der Waals surface area (Å²) in [6.07, 6.45) is -3.48. The fourth-order valence-electron chi connectivity index (χ4n) is 2.74. The number of hydrogen-bond acceptors (Lipinski definition) is 9. The lowest BCUT2D eigenvalue weighted by atomic mass is 10.1. The minimum Gasteiger partial charge on any atom is -0.409 e. The van der Waals surface area contributed by atoms with E-state index in [9.17, 15) is 15.3 Å². The van der Waals surface area contributed by atoms with Gasteiger partial charge in [-0.2, -0.15) is 0 Å². The van der Waals surface area contributed by atoms with Crippen molar-refractivity contribution in [2.24, 2.45) is 10.9 Å². The van der Waals surface area contributed by atoms with Gasteiger partial charge in [-0.3, -0.25) is 4.57 Å². The summed E-state index contributed by atoms with van der Waals surface area (Å²) in [6, 6.07) is 0. The molecule has 1 aliphatic rings. The third kappa shape index (κ3) is 2.31. The number of anilines is 1. The lowest BCUT2D eigenvalue weighted by Crippen LogP contribution is -2.33. The molecule has 0 bridgehead atoms. The Hall–Kier alpha value is -1.99. The molecule has 3 heterocycles. The van der Waals surface area contributed by atoms with E-state index in [1.807, 2.05) is 0 Å². The van der Waals surface area contributed by atoms with Crippen LogP contribution in [-0.4, -0.2) is 65.8 Å². The van der Waals surface area contributed by atoms with Gasteiger partial charge in [0, 0.05) is 0 Å². The third-order valence-electron chi connectivity index (χ3n) is 3.89. The highest BCUT2D eigenvalue weighted by molar-refractivity contribution is 9.10. The van der Waals surface area contributed by atoms with Crippen LogP contribution in [0.1, 0.15) is 11.8 Å². The van der Waals surface area contributed by atoms with Gasteiger partial charge in [-0.15, -0.1) is 0 Å². The van der Waals surface area contributed by atoms with Crippen LogP contribution in [0.15, 0.2) is 16.1 Å². The molecular formula is C12H15BrN6O5. The highest BCUT2D eigenvalue weighted by atomic mass is 79.9. The molecule has 1 aliphatic heterocycles. The number of rotatable bonds is 3. The number of aliphatic hydroxyl groups is 3. The van der Waals surface area contributed by atoms with Gasteiger partial charge in [0.15, 0.2) is 12.1 Å². The molecule has 0 saturated carbocycles. The first-order chi connectivity index (χ1) is 11.4. The van der Waals surface area contributed by atoms with Crippen molar-refractivity contribution in [2.75, 3.05) is 12.3 Å². The van der Waals surface area contributed by atoms with E-state index in [1.165, 1.54) is 10.9 Å². The Morgan fingerprint density at radius 2 is 2.08 bits per heavy atom. The van der Waals surface area contributed by atoms with Crippen LogP contribution in [-0.2, 0) is 4.74 Å². The Labute approximate surface area is 143 Å². The van der Waals surface area contributed by atoms with Crippen LogP contribution < -0.4 is 11.5 Å². The predicted octanol–water partition coefficient (Wildman–Crippen LogP) is -1.52. The van der Waals surface area contributed by atoms with Crippen molar-refractivity contribution in [3.05, 3.63) is 16.5 Å². The van der Waals surface area contributed by atoms with E-state index in [4.69, 9.17) is 21.4 Å². The molecule has 0 aromatic carbocycles. The number of amidine groups is 1. The molecule has 3 rings (SSSR count). The maximum Gasteiger partial charge on any atom is 0.173 e. The van der Waals surface area contributed by atoms with Crippen molar-refractivity contribution < 1.29 is 25.3 Å². The Bertz CT molecular complexity index is 811. The van der Waals surface area contributed by atoms with Crippen molar-refractivity contribution in [1.82, 2.24) is 14.5 Å². The van der Waals surface area contributed by atoms with E-state index < -0.39 is 31.1 Å². The van der Waals surface area contributed by atoms with E-state index >= 15 is 0 Å². The summed E-state index contributed by atoms with van der Waals surface area (Å²) < 4.78 is 7.17. The average Bonchev–Trinajstić information content (AvgIpc) is 3.02. The Morgan fingerprint density at radius 3 is 2.67 bits per heavy atom. The van der Waals surface area contributed by atoms with Gasteiger partial charge >= 0.3 is 0 Å². The second kappa shape index (κ2) is 6.14. The molecule has 12 heteroatoms. The number of nitrogen functional groups attached to an aromatic ring is 1. The molecule has 0 amide bonds. The van der Waals surface area contributed by atoms with Gasteiger partial charge in [0.2, 0.25) is 0 Å². The summed E-state index contributed by atoms with van der Waals surface area (Å²) >= 11 is 3.30. The van der Waals surface area contributed by atoms with Gasteiger partial charge in [0.1, 0.15) is 40.7 Å². The molecule has 130 valence electrons. The number of oxime groups is 1. The van der Waals surface area contributed by atoms with Gasteiger partial charge in [0.25, 0.3) is 0 Å². The number of aromatic nitrogens is 3. The molecule has 1 fully saturated rings. The second-order valence-electron chi connectivity index (χ2n) is 5.21. The lowest BCUT2D eigenvalue weighted by molar-refractivity contribution is -0.0518. The highest BCUT2D eigenvalue weighted by Gasteiger charge is 2.45. The summed E-state index contributed by atoms with van der Waals surface area (Å²) in [5, 5.41) is 41.7. The third-order valence-corrected chi connectivity index (χ3v) is 4.67. The number of nitrogens with zero attached hydrogens (tertiary/aromatic N) is 4. The first-order valence-corrected chi connectivity index (χ1v) is 7.61. The summed E-state index contributed by atoms with van der Waals surface area (Å²) in [7, 11) is 0. The summed E-state index contributed by atoms with van der Waals surface area (Å²) in [4.78, 5) is 7.99. The van der Waals surface area contributed by atoms with Gasteiger partial charge in [-0.1, -0.05) is 5.16 Å². The molecule has 0 radical (unpaired) electrons. The van der Waals surface area contributed by atoms with Crippen LogP contribution in [0.2, 0.25) is 0 Å². The second-order valence-corrected chi connectivity index (χ2v) is 5.96. The van der Waals surface area contributed by atoms with Crippen LogP contribution in [0, 0.1) is 0 Å². The van der Waals surface area contributed by atoms with Crippen LogP contribution in [0.25, 0.3) is 11.0 Å². The fourth-order valence-corrected chi connectivity index (χ4v) is 3.51. The first-order valence-electron chi connectivity index (χ1n) is 6.82. The normalized spacial score (nSPS) is 27.9. The SMILES string of the molecule is N/C(=N\O)c1c(Br)n([C@H]2O[C@@H](CO)[C@@H](O)[C@H]2O)c2ncnc(N)c12. The van der Waals surface area contributed by atoms with Crippen molar-refractivity contribution >= 4 is 38.6 Å². The van der Waals surface area contributed by atoms with Crippen LogP contribution in [0.3, 0.4) is 0 Å². The summed E-state index contributed by atoms with van der Waals surface area (Å²) in [5.41, 5.74) is 12.0. The fraction of sp³-hybridized carbons (Fsp3) is 0.417. The van der Waals surface area contributed by atoms with E-state index in [2.05, 4.69) is 31.1 Å². The number of nitrogens with two attached hydrogens (primary N) is 2. The Morgan fingerprint density at radius 1 is 1.38 bits per heavy atom. The van der Waals surface area contributed by atoms with E-state index in [-0.39, 0.29) is 32.9 Å². The molecule has 0 aliphatic carbocycles. The quantitative estimate of drug-likeness (QED) is 0.153. The van der Waals surface area contributed by atoms with Crippen LogP contribution in [0.4, 0.5) is 5.82 Å². The minimum absolute atomic E-state index is 0.0767. The van der Waals surface area contributed by atoms with Crippen molar-refractivity contribution in [2.45, 2.75) is 24.5 Å².